The third kappa shape index (κ3) is 3.24. The van der Waals surface area contributed by atoms with E-state index in [0.717, 1.165) is 17.4 Å². The molecule has 0 saturated heterocycles. The van der Waals surface area contributed by atoms with Crippen molar-refractivity contribution in [3.05, 3.63) is 64.2 Å². The molecule has 1 aliphatic carbocycles. The summed E-state index contributed by atoms with van der Waals surface area (Å²) in [6.07, 6.45) is 3.68. The number of hydrogen-bond donors (Lipinski definition) is 1. The zero-order valence-corrected chi connectivity index (χ0v) is 13.5. The second-order valence-electron chi connectivity index (χ2n) is 5.97. The summed E-state index contributed by atoms with van der Waals surface area (Å²) >= 11 is 6.02. The van der Waals surface area contributed by atoms with Crippen LogP contribution in [0.15, 0.2) is 42.5 Å². The van der Waals surface area contributed by atoms with Crippen molar-refractivity contribution in [2.75, 3.05) is 5.32 Å². The minimum atomic E-state index is 0.397. The number of anilines is 1. The van der Waals surface area contributed by atoms with Crippen LogP contribution in [0.5, 0.6) is 0 Å². The molecule has 0 aromatic heterocycles. The molecule has 1 N–H and O–H groups in total. The van der Waals surface area contributed by atoms with Crippen molar-refractivity contribution in [2.45, 2.75) is 39.2 Å². The summed E-state index contributed by atoms with van der Waals surface area (Å²) in [6.45, 7) is 4.40. The maximum Gasteiger partial charge on any atom is 0.0542 e. The SMILES string of the molecule is CCc1cccc(C)c1NC(c1ccc(Cl)cc1)C1CC1. The van der Waals surface area contributed by atoms with Crippen LogP contribution in [0.2, 0.25) is 5.02 Å². The van der Waals surface area contributed by atoms with Gasteiger partial charge in [0.25, 0.3) is 0 Å². The number of para-hydroxylation sites is 1. The fourth-order valence-corrected chi connectivity index (χ4v) is 3.08. The summed E-state index contributed by atoms with van der Waals surface area (Å²) < 4.78 is 0. The van der Waals surface area contributed by atoms with Gasteiger partial charge in [-0.15, -0.1) is 0 Å². The van der Waals surface area contributed by atoms with Crippen LogP contribution in [0.25, 0.3) is 0 Å². The number of nitrogens with one attached hydrogen (secondary N) is 1. The van der Waals surface area contributed by atoms with Crippen LogP contribution in [-0.2, 0) is 6.42 Å². The Morgan fingerprint density at radius 1 is 1.14 bits per heavy atom. The van der Waals surface area contributed by atoms with Crippen LogP contribution in [0.3, 0.4) is 0 Å². The first-order chi connectivity index (χ1) is 10.2. The lowest BCUT2D eigenvalue weighted by Gasteiger charge is -2.23. The van der Waals surface area contributed by atoms with E-state index < -0.39 is 0 Å². The highest BCUT2D eigenvalue weighted by Gasteiger charge is 2.32. The zero-order valence-electron chi connectivity index (χ0n) is 12.7. The third-order valence-electron chi connectivity index (χ3n) is 4.36. The van der Waals surface area contributed by atoms with E-state index in [9.17, 15) is 0 Å². The van der Waals surface area contributed by atoms with Crippen molar-refractivity contribution >= 4 is 17.3 Å². The van der Waals surface area contributed by atoms with Gasteiger partial charge in [-0.05, 0) is 60.9 Å². The molecule has 0 aliphatic heterocycles. The second kappa shape index (κ2) is 6.11. The lowest BCUT2D eigenvalue weighted by molar-refractivity contribution is 0.677. The van der Waals surface area contributed by atoms with Gasteiger partial charge in [0.15, 0.2) is 0 Å². The van der Waals surface area contributed by atoms with E-state index in [1.807, 2.05) is 12.1 Å². The van der Waals surface area contributed by atoms with Crippen LogP contribution in [0.4, 0.5) is 5.69 Å². The Hall–Kier alpha value is -1.47. The van der Waals surface area contributed by atoms with E-state index in [4.69, 9.17) is 11.6 Å². The summed E-state index contributed by atoms with van der Waals surface area (Å²) in [5, 5.41) is 4.63. The van der Waals surface area contributed by atoms with Crippen LogP contribution in [0.1, 0.15) is 42.5 Å². The van der Waals surface area contributed by atoms with Gasteiger partial charge in [0.2, 0.25) is 0 Å². The molecule has 21 heavy (non-hydrogen) atoms. The van der Waals surface area contributed by atoms with Gasteiger partial charge in [0.1, 0.15) is 0 Å². The summed E-state index contributed by atoms with van der Waals surface area (Å²) in [4.78, 5) is 0. The van der Waals surface area contributed by atoms with Crippen molar-refractivity contribution in [3.63, 3.8) is 0 Å². The van der Waals surface area contributed by atoms with Crippen LogP contribution in [-0.4, -0.2) is 0 Å². The van der Waals surface area contributed by atoms with Gasteiger partial charge in [0, 0.05) is 10.7 Å². The molecule has 1 atom stereocenters. The number of aryl methyl sites for hydroxylation is 2. The number of halogens is 1. The predicted molar refractivity (Wildman–Crippen MR) is 91.1 cm³/mol. The standard InChI is InChI=1S/C19H22ClN/c1-3-14-6-4-5-13(2)18(14)21-19(15-7-8-15)16-9-11-17(20)12-10-16/h4-6,9-12,15,19,21H,3,7-8H2,1-2H3. The highest BCUT2D eigenvalue weighted by molar-refractivity contribution is 6.30. The lowest BCUT2D eigenvalue weighted by atomic mass is 9.99. The largest absolute Gasteiger partial charge is 0.378 e. The lowest BCUT2D eigenvalue weighted by Crippen LogP contribution is -2.15. The monoisotopic (exact) mass is 299 g/mol. The molecule has 0 bridgehead atoms. The van der Waals surface area contributed by atoms with Gasteiger partial charge >= 0.3 is 0 Å². The Labute approximate surface area is 132 Å². The van der Waals surface area contributed by atoms with Crippen molar-refractivity contribution in [3.8, 4) is 0 Å². The Bertz CT molecular complexity index is 614. The minimum absolute atomic E-state index is 0.397. The third-order valence-corrected chi connectivity index (χ3v) is 4.61. The van der Waals surface area contributed by atoms with Crippen LogP contribution in [0, 0.1) is 12.8 Å². The first kappa shape index (κ1) is 14.5. The van der Waals surface area contributed by atoms with Crippen LogP contribution < -0.4 is 5.32 Å². The molecular weight excluding hydrogens is 278 g/mol. The van der Waals surface area contributed by atoms with Gasteiger partial charge in [-0.25, -0.2) is 0 Å². The highest BCUT2D eigenvalue weighted by Crippen LogP contribution is 2.43. The van der Waals surface area contributed by atoms with E-state index in [-0.39, 0.29) is 0 Å². The number of hydrogen-bond acceptors (Lipinski definition) is 1. The number of rotatable bonds is 5. The quantitative estimate of drug-likeness (QED) is 0.738. The zero-order chi connectivity index (χ0) is 14.8. The van der Waals surface area contributed by atoms with E-state index in [0.29, 0.717) is 6.04 Å². The van der Waals surface area contributed by atoms with Crippen molar-refractivity contribution < 1.29 is 0 Å². The molecule has 0 radical (unpaired) electrons. The predicted octanol–water partition coefficient (Wildman–Crippen LogP) is 5.77. The van der Waals surface area contributed by atoms with Crippen molar-refractivity contribution in [2.24, 2.45) is 5.92 Å². The van der Waals surface area contributed by atoms with Crippen LogP contribution >= 0.6 is 11.6 Å². The van der Waals surface area contributed by atoms with Gasteiger partial charge < -0.3 is 5.32 Å². The topological polar surface area (TPSA) is 12.0 Å². The molecule has 1 fully saturated rings. The van der Waals surface area contributed by atoms with E-state index in [1.54, 1.807) is 0 Å². The maximum atomic E-state index is 6.02. The average Bonchev–Trinajstić information content (AvgIpc) is 3.31. The summed E-state index contributed by atoms with van der Waals surface area (Å²) in [7, 11) is 0. The van der Waals surface area contributed by atoms with Gasteiger partial charge in [0.05, 0.1) is 6.04 Å². The first-order valence-corrected chi connectivity index (χ1v) is 8.17. The molecule has 1 aliphatic rings. The summed E-state index contributed by atoms with van der Waals surface area (Å²) in [5.74, 6) is 0.746. The van der Waals surface area contributed by atoms with Gasteiger partial charge in [-0.1, -0.05) is 48.9 Å². The molecule has 1 saturated carbocycles. The highest BCUT2D eigenvalue weighted by atomic mass is 35.5. The molecule has 3 rings (SSSR count). The second-order valence-corrected chi connectivity index (χ2v) is 6.41. The van der Waals surface area contributed by atoms with E-state index in [1.165, 1.54) is 35.2 Å². The van der Waals surface area contributed by atoms with Crippen molar-refractivity contribution in [1.29, 1.82) is 0 Å². The van der Waals surface area contributed by atoms with Crippen molar-refractivity contribution in [1.82, 2.24) is 0 Å². The molecule has 0 amide bonds. The molecule has 2 aromatic rings. The Morgan fingerprint density at radius 3 is 2.48 bits per heavy atom. The average molecular weight is 300 g/mol. The molecule has 2 aromatic carbocycles. The normalized spacial score (nSPS) is 15.8. The molecular formula is C19H22ClN. The molecule has 2 heteroatoms. The number of benzene rings is 2. The molecule has 110 valence electrons. The summed E-state index contributed by atoms with van der Waals surface area (Å²) in [5.41, 5.74) is 5.38. The van der Waals surface area contributed by atoms with E-state index in [2.05, 4.69) is 49.5 Å². The Balaban J connectivity index is 1.91. The Morgan fingerprint density at radius 2 is 1.86 bits per heavy atom. The maximum absolute atomic E-state index is 6.02. The molecule has 0 heterocycles. The van der Waals surface area contributed by atoms with Gasteiger partial charge in [-0.2, -0.15) is 0 Å². The fraction of sp³-hybridized carbons (Fsp3) is 0.368. The fourth-order valence-electron chi connectivity index (χ4n) is 2.96. The molecule has 1 unspecified atom stereocenters. The molecule has 1 nitrogen and oxygen atoms in total. The summed E-state index contributed by atoms with van der Waals surface area (Å²) in [6, 6.07) is 15.2. The Kier molecular flexibility index (Phi) is 4.21. The van der Waals surface area contributed by atoms with E-state index >= 15 is 0 Å². The molecule has 0 spiro atoms. The minimum Gasteiger partial charge on any atom is -0.378 e. The first-order valence-electron chi connectivity index (χ1n) is 7.79. The smallest absolute Gasteiger partial charge is 0.0542 e. The van der Waals surface area contributed by atoms with Gasteiger partial charge in [-0.3, -0.25) is 0 Å².